The number of rotatable bonds is 6. The van der Waals surface area contributed by atoms with Crippen LogP contribution in [0, 0.1) is 5.92 Å². The van der Waals surface area contributed by atoms with Crippen LogP contribution in [0.5, 0.6) is 0 Å². The van der Waals surface area contributed by atoms with Crippen LogP contribution in [0.15, 0.2) is 30.3 Å². The lowest BCUT2D eigenvalue weighted by molar-refractivity contribution is -0.131. The van der Waals surface area contributed by atoms with Gasteiger partial charge in [-0.3, -0.25) is 4.79 Å². The predicted octanol–water partition coefficient (Wildman–Crippen LogP) is 2.56. The van der Waals surface area contributed by atoms with Gasteiger partial charge in [0.1, 0.15) is 0 Å². The molecule has 0 saturated carbocycles. The highest BCUT2D eigenvalue weighted by Crippen LogP contribution is 2.21. The zero-order valence-electron chi connectivity index (χ0n) is 11.8. The Bertz CT molecular complexity index is 433. The van der Waals surface area contributed by atoms with Crippen LogP contribution in [0.25, 0.3) is 0 Å². The summed E-state index contributed by atoms with van der Waals surface area (Å²) in [7, 11) is 1.81. The predicted molar refractivity (Wildman–Crippen MR) is 83.1 cm³/mol. The van der Waals surface area contributed by atoms with E-state index >= 15 is 0 Å². The minimum absolute atomic E-state index is 0.0391. The number of nitrogens with two attached hydrogens (primary N) is 1. The van der Waals surface area contributed by atoms with E-state index in [2.05, 4.69) is 0 Å². The van der Waals surface area contributed by atoms with Crippen molar-refractivity contribution in [1.29, 1.82) is 0 Å². The Morgan fingerprint density at radius 2 is 1.95 bits per heavy atom. The molecule has 0 saturated heterocycles. The molecule has 0 fully saturated rings. The molecule has 2 N–H and O–H groups in total. The average Bonchev–Trinajstić information content (AvgIpc) is 2.40. The Morgan fingerprint density at radius 3 is 2.42 bits per heavy atom. The van der Waals surface area contributed by atoms with Crippen LogP contribution >= 0.6 is 12.2 Å². The van der Waals surface area contributed by atoms with Gasteiger partial charge < -0.3 is 10.6 Å². The van der Waals surface area contributed by atoms with E-state index in [0.29, 0.717) is 11.5 Å². The number of hydrogen-bond donors (Lipinski definition) is 1. The molecule has 104 valence electrons. The highest BCUT2D eigenvalue weighted by molar-refractivity contribution is 7.80. The number of likely N-dealkylation sites (N-methyl/N-ethyl adjacent to an activating group) is 1. The molecular formula is C15H22N2OS. The number of amides is 1. The van der Waals surface area contributed by atoms with Gasteiger partial charge in [0.15, 0.2) is 0 Å². The third kappa shape index (κ3) is 4.31. The number of carbonyl (C=O) groups is 1. The van der Waals surface area contributed by atoms with Gasteiger partial charge >= 0.3 is 0 Å². The molecule has 0 aliphatic carbocycles. The van der Waals surface area contributed by atoms with Crippen molar-refractivity contribution >= 4 is 23.1 Å². The van der Waals surface area contributed by atoms with Gasteiger partial charge in [0.25, 0.3) is 0 Å². The molecule has 0 aliphatic heterocycles. The Labute approximate surface area is 120 Å². The number of benzene rings is 1. The summed E-state index contributed by atoms with van der Waals surface area (Å²) in [5.74, 6) is 0.0683. The summed E-state index contributed by atoms with van der Waals surface area (Å²) in [4.78, 5) is 14.7. The summed E-state index contributed by atoms with van der Waals surface area (Å²) in [6, 6.07) is 9.87. The van der Waals surface area contributed by atoms with E-state index in [0.717, 1.165) is 12.0 Å². The number of carbonyl (C=O) groups excluding carboxylic acids is 1. The lowest BCUT2D eigenvalue weighted by Crippen LogP contribution is -2.38. The van der Waals surface area contributed by atoms with Crippen molar-refractivity contribution in [3.05, 3.63) is 35.9 Å². The molecule has 0 radical (unpaired) electrons. The van der Waals surface area contributed by atoms with Crippen LogP contribution in [0.4, 0.5) is 0 Å². The molecule has 2 atom stereocenters. The molecule has 2 unspecified atom stereocenters. The first-order chi connectivity index (χ1) is 8.97. The van der Waals surface area contributed by atoms with E-state index in [4.69, 9.17) is 18.0 Å². The van der Waals surface area contributed by atoms with E-state index in [1.807, 2.05) is 51.2 Å². The fourth-order valence-corrected chi connectivity index (χ4v) is 2.17. The number of thiocarbonyl (C=S) groups is 1. The van der Waals surface area contributed by atoms with Crippen molar-refractivity contribution in [3.63, 3.8) is 0 Å². The second-order valence-corrected chi connectivity index (χ2v) is 5.37. The summed E-state index contributed by atoms with van der Waals surface area (Å²) in [6.07, 6.45) is 0.786. The third-order valence-corrected chi connectivity index (χ3v) is 3.72. The van der Waals surface area contributed by atoms with Gasteiger partial charge in [0.05, 0.1) is 10.9 Å². The van der Waals surface area contributed by atoms with Gasteiger partial charge in [-0.15, -0.1) is 0 Å². The summed E-state index contributed by atoms with van der Waals surface area (Å²) < 4.78 is 0. The van der Waals surface area contributed by atoms with Gasteiger partial charge in [-0.25, -0.2) is 0 Å². The van der Waals surface area contributed by atoms with Gasteiger partial charge in [-0.05, 0) is 12.0 Å². The summed E-state index contributed by atoms with van der Waals surface area (Å²) >= 11 is 4.95. The van der Waals surface area contributed by atoms with E-state index < -0.39 is 0 Å². The standard InChI is InChI=1S/C15H22N2OS/c1-4-13(12-8-6-5-7-9-12)15(18)17(3)10-11(2)14(16)19/h5-9,11,13H,4,10H2,1-3H3,(H2,16,19). The first-order valence-electron chi connectivity index (χ1n) is 6.56. The van der Waals surface area contributed by atoms with E-state index in [-0.39, 0.29) is 17.7 Å². The maximum Gasteiger partial charge on any atom is 0.229 e. The average molecular weight is 278 g/mol. The molecule has 0 aromatic heterocycles. The summed E-state index contributed by atoms with van der Waals surface area (Å²) in [6.45, 7) is 4.54. The minimum Gasteiger partial charge on any atom is -0.393 e. The zero-order chi connectivity index (χ0) is 14.4. The smallest absolute Gasteiger partial charge is 0.229 e. The normalized spacial score (nSPS) is 13.6. The lowest BCUT2D eigenvalue weighted by Gasteiger charge is -2.25. The topological polar surface area (TPSA) is 46.3 Å². The first-order valence-corrected chi connectivity index (χ1v) is 6.97. The van der Waals surface area contributed by atoms with Crippen molar-refractivity contribution in [2.24, 2.45) is 11.7 Å². The first kappa shape index (κ1) is 15.6. The highest BCUT2D eigenvalue weighted by atomic mass is 32.1. The van der Waals surface area contributed by atoms with Gasteiger partial charge in [-0.2, -0.15) is 0 Å². The van der Waals surface area contributed by atoms with Crippen LogP contribution < -0.4 is 5.73 Å². The molecule has 3 nitrogen and oxygen atoms in total. The highest BCUT2D eigenvalue weighted by Gasteiger charge is 2.23. The maximum atomic E-state index is 12.5. The third-order valence-electron chi connectivity index (χ3n) is 3.32. The quantitative estimate of drug-likeness (QED) is 0.814. The zero-order valence-corrected chi connectivity index (χ0v) is 12.6. The fraction of sp³-hybridized carbons (Fsp3) is 0.467. The van der Waals surface area contributed by atoms with Crippen LogP contribution in [0.1, 0.15) is 31.7 Å². The number of nitrogens with zero attached hydrogens (tertiary/aromatic N) is 1. The van der Waals surface area contributed by atoms with Crippen molar-refractivity contribution in [1.82, 2.24) is 4.90 Å². The molecule has 19 heavy (non-hydrogen) atoms. The maximum absolute atomic E-state index is 12.5. The Balaban J connectivity index is 2.77. The summed E-state index contributed by atoms with van der Waals surface area (Å²) in [5, 5.41) is 0. The molecule has 1 aromatic rings. The minimum atomic E-state index is -0.0928. The Morgan fingerprint density at radius 1 is 1.37 bits per heavy atom. The molecule has 4 heteroatoms. The number of hydrogen-bond acceptors (Lipinski definition) is 2. The van der Waals surface area contributed by atoms with Gasteiger partial charge in [0, 0.05) is 19.5 Å². The molecule has 1 aromatic carbocycles. The van der Waals surface area contributed by atoms with Crippen molar-refractivity contribution in [3.8, 4) is 0 Å². The van der Waals surface area contributed by atoms with E-state index in [1.165, 1.54) is 0 Å². The van der Waals surface area contributed by atoms with E-state index in [1.54, 1.807) is 4.90 Å². The van der Waals surface area contributed by atoms with E-state index in [9.17, 15) is 4.79 Å². The second-order valence-electron chi connectivity index (χ2n) is 4.89. The van der Waals surface area contributed by atoms with Crippen LogP contribution in [0.2, 0.25) is 0 Å². The van der Waals surface area contributed by atoms with Crippen LogP contribution in [0.3, 0.4) is 0 Å². The fourth-order valence-electron chi connectivity index (χ4n) is 2.10. The molecule has 1 rings (SSSR count). The Hall–Kier alpha value is -1.42. The second kappa shape index (κ2) is 7.24. The molecule has 0 bridgehead atoms. The molecule has 0 aliphatic rings. The van der Waals surface area contributed by atoms with Crippen molar-refractivity contribution < 1.29 is 4.79 Å². The SMILES string of the molecule is CCC(C(=O)N(C)CC(C)C(N)=S)c1ccccc1. The monoisotopic (exact) mass is 278 g/mol. The van der Waals surface area contributed by atoms with Crippen molar-refractivity contribution in [2.75, 3.05) is 13.6 Å². The lowest BCUT2D eigenvalue weighted by atomic mass is 9.95. The van der Waals surface area contributed by atoms with Crippen LogP contribution in [-0.4, -0.2) is 29.4 Å². The Kier molecular flexibility index (Phi) is 5.96. The summed E-state index contributed by atoms with van der Waals surface area (Å²) in [5.41, 5.74) is 6.66. The van der Waals surface area contributed by atoms with Gasteiger partial charge in [0.2, 0.25) is 5.91 Å². The largest absolute Gasteiger partial charge is 0.393 e. The molecule has 1 amide bonds. The molecule has 0 spiro atoms. The molecule has 0 heterocycles. The van der Waals surface area contributed by atoms with Crippen molar-refractivity contribution in [2.45, 2.75) is 26.2 Å². The molecular weight excluding hydrogens is 256 g/mol. The van der Waals surface area contributed by atoms with Gasteiger partial charge in [-0.1, -0.05) is 56.4 Å². The van der Waals surface area contributed by atoms with Crippen LogP contribution in [-0.2, 0) is 4.79 Å².